The minimum atomic E-state index is -0.167. The molecule has 0 unspecified atom stereocenters. The van der Waals surface area contributed by atoms with E-state index >= 15 is 0 Å². The van der Waals surface area contributed by atoms with E-state index in [1.54, 1.807) is 0 Å². The first-order valence-electron chi connectivity index (χ1n) is 11.7. The molecule has 1 N–H and O–H groups in total. The molecule has 3 aromatic rings. The zero-order valence-corrected chi connectivity index (χ0v) is 18.7. The fourth-order valence-electron chi connectivity index (χ4n) is 5.17. The van der Waals surface area contributed by atoms with Crippen LogP contribution in [-0.4, -0.2) is 24.4 Å². The van der Waals surface area contributed by atoms with Gasteiger partial charge in [-0.05, 0) is 36.1 Å². The quantitative estimate of drug-likeness (QED) is 0.614. The zero-order valence-electron chi connectivity index (χ0n) is 18.7. The first-order valence-corrected chi connectivity index (χ1v) is 11.7. The summed E-state index contributed by atoms with van der Waals surface area (Å²) in [5.41, 5.74) is 3.88. The van der Waals surface area contributed by atoms with Crippen molar-refractivity contribution in [3.8, 4) is 0 Å². The van der Waals surface area contributed by atoms with E-state index in [1.807, 2.05) is 94.7 Å². The topological polar surface area (TPSA) is 52.7 Å². The highest BCUT2D eigenvalue weighted by Gasteiger charge is 2.45. The second-order valence-electron chi connectivity index (χ2n) is 8.86. The summed E-state index contributed by atoms with van der Waals surface area (Å²) in [6.07, 6.45) is 2.64. The highest BCUT2D eigenvalue weighted by Crippen LogP contribution is 2.43. The number of nitrogens with one attached hydrogen (secondary N) is 1. The average Bonchev–Trinajstić information content (AvgIpc) is 3.30. The van der Waals surface area contributed by atoms with Crippen LogP contribution in [0.1, 0.15) is 30.4 Å². The van der Waals surface area contributed by atoms with Crippen molar-refractivity contribution in [2.45, 2.75) is 38.4 Å². The molecule has 1 saturated carbocycles. The third-order valence-electron chi connectivity index (χ3n) is 6.73. The van der Waals surface area contributed by atoms with Crippen LogP contribution in [0.3, 0.4) is 0 Å². The van der Waals surface area contributed by atoms with Crippen molar-refractivity contribution < 1.29 is 9.59 Å². The molecule has 1 fully saturated rings. The summed E-state index contributed by atoms with van der Waals surface area (Å²) in [5, 5.41) is 3.30. The molecule has 168 valence electrons. The monoisotopic (exact) mass is 439 g/mol. The lowest BCUT2D eigenvalue weighted by molar-refractivity contribution is -0.123. The molecule has 1 heterocycles. The van der Waals surface area contributed by atoms with Crippen molar-refractivity contribution in [2.75, 3.05) is 16.3 Å². The van der Waals surface area contributed by atoms with Crippen LogP contribution in [0, 0.1) is 5.92 Å². The van der Waals surface area contributed by atoms with Gasteiger partial charge in [-0.2, -0.15) is 0 Å². The van der Waals surface area contributed by atoms with Gasteiger partial charge in [0, 0.05) is 12.6 Å². The Balaban J connectivity index is 1.44. The van der Waals surface area contributed by atoms with E-state index in [9.17, 15) is 9.59 Å². The van der Waals surface area contributed by atoms with Gasteiger partial charge in [-0.15, -0.1) is 0 Å². The lowest BCUT2D eigenvalue weighted by Gasteiger charge is -2.30. The van der Waals surface area contributed by atoms with Crippen LogP contribution < -0.4 is 15.1 Å². The normalized spacial score (nSPS) is 19.7. The van der Waals surface area contributed by atoms with Gasteiger partial charge in [-0.3, -0.25) is 9.59 Å². The Morgan fingerprint density at radius 1 is 0.818 bits per heavy atom. The number of hydrogen-bond donors (Lipinski definition) is 1. The Labute approximate surface area is 195 Å². The van der Waals surface area contributed by atoms with E-state index < -0.39 is 0 Å². The molecule has 0 aromatic heterocycles. The Bertz CT molecular complexity index is 1120. The largest absolute Gasteiger partial charge is 0.306 e. The third-order valence-corrected chi connectivity index (χ3v) is 6.73. The maximum Gasteiger partial charge on any atom is 0.241 e. The van der Waals surface area contributed by atoms with Gasteiger partial charge in [-0.25, -0.2) is 0 Å². The number of anilines is 2. The molecule has 2 amide bonds. The van der Waals surface area contributed by atoms with E-state index in [-0.39, 0.29) is 30.3 Å². The second-order valence-corrected chi connectivity index (χ2v) is 8.86. The molecular formula is C28H29N3O2. The van der Waals surface area contributed by atoms with Crippen LogP contribution in [0.15, 0.2) is 84.9 Å². The van der Waals surface area contributed by atoms with Gasteiger partial charge in [-0.1, -0.05) is 79.2 Å². The number of fused-ring (bicyclic) bond motifs is 2. The standard InChI is InChI=1S/C28H29N3O2/c32-27(19-29-18-21-10-3-1-4-11-21)31-24-17-9-14-23(24)28(33)30(20-22-12-5-2-6-13-22)25-15-7-8-16-26(25)31/h1-8,10-13,15-16,23-24,29H,9,14,17-20H2/t23-,24+/m0/s1. The van der Waals surface area contributed by atoms with E-state index in [4.69, 9.17) is 0 Å². The van der Waals surface area contributed by atoms with Crippen molar-refractivity contribution in [2.24, 2.45) is 5.92 Å². The molecule has 1 aliphatic carbocycles. The minimum absolute atomic E-state index is 0.0182. The van der Waals surface area contributed by atoms with Crippen molar-refractivity contribution >= 4 is 23.2 Å². The number of benzene rings is 3. The number of para-hydroxylation sites is 2. The van der Waals surface area contributed by atoms with Crippen molar-refractivity contribution in [1.29, 1.82) is 0 Å². The molecule has 0 spiro atoms. The van der Waals surface area contributed by atoms with Crippen LogP contribution >= 0.6 is 0 Å². The Morgan fingerprint density at radius 3 is 2.18 bits per heavy atom. The number of carbonyl (C=O) groups is 2. The molecule has 33 heavy (non-hydrogen) atoms. The number of hydrogen-bond acceptors (Lipinski definition) is 3. The first-order chi connectivity index (χ1) is 16.2. The van der Waals surface area contributed by atoms with E-state index in [1.165, 1.54) is 0 Å². The van der Waals surface area contributed by atoms with Crippen molar-refractivity contribution in [3.05, 3.63) is 96.1 Å². The number of carbonyl (C=O) groups excluding carboxylic acids is 2. The zero-order chi connectivity index (χ0) is 22.6. The molecule has 2 aliphatic rings. The second kappa shape index (κ2) is 9.59. The van der Waals surface area contributed by atoms with Gasteiger partial charge in [0.1, 0.15) is 0 Å². The predicted octanol–water partition coefficient (Wildman–Crippen LogP) is 4.52. The first kappa shape index (κ1) is 21.4. The van der Waals surface area contributed by atoms with Crippen LogP contribution in [0.4, 0.5) is 11.4 Å². The van der Waals surface area contributed by atoms with Crippen LogP contribution in [0.5, 0.6) is 0 Å². The highest BCUT2D eigenvalue weighted by molar-refractivity contribution is 6.07. The predicted molar refractivity (Wildman–Crippen MR) is 131 cm³/mol. The van der Waals surface area contributed by atoms with Crippen LogP contribution in [-0.2, 0) is 22.7 Å². The molecule has 5 heteroatoms. The van der Waals surface area contributed by atoms with Crippen LogP contribution in [0.25, 0.3) is 0 Å². The number of amides is 2. The van der Waals surface area contributed by atoms with Gasteiger partial charge < -0.3 is 15.1 Å². The van der Waals surface area contributed by atoms with Gasteiger partial charge in [0.15, 0.2) is 0 Å². The van der Waals surface area contributed by atoms with Crippen molar-refractivity contribution in [3.63, 3.8) is 0 Å². The summed E-state index contributed by atoms with van der Waals surface area (Å²) in [4.78, 5) is 31.1. The lowest BCUT2D eigenvalue weighted by atomic mass is 10.0. The molecule has 2 atom stereocenters. The minimum Gasteiger partial charge on any atom is -0.306 e. The van der Waals surface area contributed by atoms with Gasteiger partial charge in [0.05, 0.1) is 30.4 Å². The molecule has 5 rings (SSSR count). The highest BCUT2D eigenvalue weighted by atomic mass is 16.2. The fourth-order valence-corrected chi connectivity index (χ4v) is 5.17. The van der Waals surface area contributed by atoms with E-state index in [2.05, 4.69) is 5.32 Å². The molecule has 5 nitrogen and oxygen atoms in total. The van der Waals surface area contributed by atoms with Crippen LogP contribution in [0.2, 0.25) is 0 Å². The Morgan fingerprint density at radius 2 is 1.45 bits per heavy atom. The number of nitrogens with zero attached hydrogens (tertiary/aromatic N) is 2. The summed E-state index contributed by atoms with van der Waals surface area (Å²) in [6.45, 7) is 1.38. The molecule has 0 radical (unpaired) electrons. The summed E-state index contributed by atoms with van der Waals surface area (Å²) >= 11 is 0. The average molecular weight is 440 g/mol. The summed E-state index contributed by atoms with van der Waals surface area (Å²) in [7, 11) is 0. The number of rotatable bonds is 6. The summed E-state index contributed by atoms with van der Waals surface area (Å²) in [5.74, 6) is -0.0230. The smallest absolute Gasteiger partial charge is 0.241 e. The Hall–Kier alpha value is -3.44. The SMILES string of the molecule is O=C1[C@H]2CCC[C@H]2N(C(=O)CNCc2ccccc2)c2ccccc2N1Cc1ccccc1. The molecule has 3 aromatic carbocycles. The van der Waals surface area contributed by atoms with E-state index in [0.717, 1.165) is 41.8 Å². The molecule has 1 aliphatic heterocycles. The van der Waals surface area contributed by atoms with E-state index in [0.29, 0.717) is 13.1 Å². The van der Waals surface area contributed by atoms with Gasteiger partial charge in [0.25, 0.3) is 0 Å². The maximum atomic E-state index is 13.7. The molecule has 0 saturated heterocycles. The lowest BCUT2D eigenvalue weighted by Crippen LogP contribution is -2.47. The van der Waals surface area contributed by atoms with Gasteiger partial charge >= 0.3 is 0 Å². The Kier molecular flexibility index (Phi) is 6.22. The summed E-state index contributed by atoms with van der Waals surface area (Å²) in [6, 6.07) is 27.9. The third kappa shape index (κ3) is 4.41. The molecule has 0 bridgehead atoms. The fraction of sp³-hybridized carbons (Fsp3) is 0.286. The maximum absolute atomic E-state index is 13.7. The van der Waals surface area contributed by atoms with Gasteiger partial charge in [0.2, 0.25) is 11.8 Å². The molecular weight excluding hydrogens is 410 g/mol. The summed E-state index contributed by atoms with van der Waals surface area (Å²) < 4.78 is 0. The van der Waals surface area contributed by atoms with Crippen molar-refractivity contribution in [1.82, 2.24) is 5.32 Å².